The number of ether oxygens (including phenoxy) is 1. The van der Waals surface area contributed by atoms with Crippen molar-refractivity contribution in [3.05, 3.63) is 0 Å². The molecule has 16 heavy (non-hydrogen) atoms. The quantitative estimate of drug-likeness (QED) is 0.754. The van der Waals surface area contributed by atoms with E-state index in [0.29, 0.717) is 12.5 Å². The summed E-state index contributed by atoms with van der Waals surface area (Å²) in [6.07, 6.45) is 6.08. The van der Waals surface area contributed by atoms with Crippen LogP contribution in [0.3, 0.4) is 0 Å². The van der Waals surface area contributed by atoms with Gasteiger partial charge in [-0.3, -0.25) is 0 Å². The van der Waals surface area contributed by atoms with Crippen molar-refractivity contribution < 1.29 is 9.84 Å². The summed E-state index contributed by atoms with van der Waals surface area (Å²) in [7, 11) is 0. The van der Waals surface area contributed by atoms with E-state index in [1.165, 1.54) is 6.42 Å². The summed E-state index contributed by atoms with van der Waals surface area (Å²) in [6, 6.07) is 0. The molecule has 3 N–H and O–H groups in total. The van der Waals surface area contributed by atoms with Crippen molar-refractivity contribution in [3.8, 4) is 0 Å². The van der Waals surface area contributed by atoms with Crippen LogP contribution in [-0.4, -0.2) is 30.5 Å². The molecule has 3 nitrogen and oxygen atoms in total. The fourth-order valence-corrected chi connectivity index (χ4v) is 3.63. The molecule has 0 amide bonds. The number of hydrogen-bond acceptors (Lipinski definition) is 3. The Morgan fingerprint density at radius 2 is 2.00 bits per heavy atom. The molecule has 0 radical (unpaired) electrons. The van der Waals surface area contributed by atoms with Crippen LogP contribution in [0.25, 0.3) is 0 Å². The number of aliphatic hydroxyl groups is 1. The van der Waals surface area contributed by atoms with Gasteiger partial charge in [0, 0.05) is 25.2 Å². The van der Waals surface area contributed by atoms with Crippen LogP contribution in [0, 0.1) is 11.3 Å². The molecule has 1 heterocycles. The molecule has 1 aliphatic heterocycles. The molecule has 94 valence electrons. The maximum Gasteiger partial charge on any atom is 0.0720 e. The van der Waals surface area contributed by atoms with E-state index in [0.717, 1.165) is 45.3 Å². The largest absolute Gasteiger partial charge is 0.389 e. The topological polar surface area (TPSA) is 55.5 Å². The van der Waals surface area contributed by atoms with Crippen LogP contribution >= 0.6 is 0 Å². The molecule has 2 fully saturated rings. The highest BCUT2D eigenvalue weighted by Gasteiger charge is 2.51. The monoisotopic (exact) mass is 227 g/mol. The molecular weight excluding hydrogens is 202 g/mol. The number of rotatable bonds is 2. The summed E-state index contributed by atoms with van der Waals surface area (Å²) >= 11 is 0. The van der Waals surface area contributed by atoms with Gasteiger partial charge in [-0.15, -0.1) is 0 Å². The molecule has 2 unspecified atom stereocenters. The van der Waals surface area contributed by atoms with Crippen LogP contribution in [0.1, 0.15) is 45.4 Å². The average molecular weight is 227 g/mol. The summed E-state index contributed by atoms with van der Waals surface area (Å²) in [6.45, 7) is 4.36. The first-order chi connectivity index (χ1) is 7.62. The molecule has 3 heteroatoms. The van der Waals surface area contributed by atoms with Crippen molar-refractivity contribution in [1.29, 1.82) is 0 Å². The average Bonchev–Trinajstić information content (AvgIpc) is 2.29. The van der Waals surface area contributed by atoms with Gasteiger partial charge in [-0.1, -0.05) is 19.8 Å². The summed E-state index contributed by atoms with van der Waals surface area (Å²) in [5.74, 6) is 0.630. The Bertz CT molecular complexity index is 238. The van der Waals surface area contributed by atoms with Crippen molar-refractivity contribution in [3.63, 3.8) is 0 Å². The van der Waals surface area contributed by atoms with E-state index in [9.17, 15) is 5.11 Å². The van der Waals surface area contributed by atoms with Crippen LogP contribution in [-0.2, 0) is 4.74 Å². The van der Waals surface area contributed by atoms with Gasteiger partial charge in [-0.05, 0) is 31.6 Å². The minimum Gasteiger partial charge on any atom is -0.389 e. The zero-order valence-corrected chi connectivity index (χ0v) is 10.4. The predicted octanol–water partition coefficient (Wildman–Crippen LogP) is 1.68. The zero-order valence-electron chi connectivity index (χ0n) is 10.4. The third-order valence-electron chi connectivity index (χ3n) is 4.80. The van der Waals surface area contributed by atoms with Gasteiger partial charge in [-0.2, -0.15) is 0 Å². The fourth-order valence-electron chi connectivity index (χ4n) is 3.63. The molecule has 2 aliphatic rings. The Kier molecular flexibility index (Phi) is 3.57. The molecule has 2 atom stereocenters. The third-order valence-corrected chi connectivity index (χ3v) is 4.80. The molecule has 0 aromatic heterocycles. The Morgan fingerprint density at radius 3 is 2.56 bits per heavy atom. The van der Waals surface area contributed by atoms with E-state index in [4.69, 9.17) is 10.5 Å². The Morgan fingerprint density at radius 1 is 1.31 bits per heavy atom. The van der Waals surface area contributed by atoms with E-state index in [1.54, 1.807) is 0 Å². The zero-order chi connectivity index (χ0) is 11.6. The Labute approximate surface area is 98.4 Å². The standard InChI is InChI=1S/C13H25NO2/c1-11-3-2-4-13(15,9-11)12(10-14)5-7-16-8-6-12/h11,15H,2-10,14H2,1H3. The lowest BCUT2D eigenvalue weighted by molar-refractivity contribution is -0.153. The second-order valence-corrected chi connectivity index (χ2v) is 5.83. The summed E-state index contributed by atoms with van der Waals surface area (Å²) in [5, 5.41) is 11.0. The number of nitrogens with two attached hydrogens (primary N) is 1. The van der Waals surface area contributed by atoms with Crippen molar-refractivity contribution in [2.75, 3.05) is 19.8 Å². The number of hydrogen-bond donors (Lipinski definition) is 2. The normalized spacial score (nSPS) is 39.6. The molecule has 0 spiro atoms. The second kappa shape index (κ2) is 4.63. The predicted molar refractivity (Wildman–Crippen MR) is 64.1 cm³/mol. The molecule has 0 aromatic rings. The minimum absolute atomic E-state index is 0.0834. The first-order valence-electron chi connectivity index (χ1n) is 6.62. The lowest BCUT2D eigenvalue weighted by atomic mass is 9.59. The van der Waals surface area contributed by atoms with E-state index in [2.05, 4.69) is 6.92 Å². The van der Waals surface area contributed by atoms with Crippen LogP contribution in [0.4, 0.5) is 0 Å². The van der Waals surface area contributed by atoms with Crippen molar-refractivity contribution in [2.45, 2.75) is 51.0 Å². The van der Waals surface area contributed by atoms with Crippen LogP contribution in [0.5, 0.6) is 0 Å². The van der Waals surface area contributed by atoms with Crippen molar-refractivity contribution in [2.24, 2.45) is 17.1 Å². The lowest BCUT2D eigenvalue weighted by Crippen LogP contribution is -2.57. The molecule has 1 aliphatic carbocycles. The fraction of sp³-hybridized carbons (Fsp3) is 1.00. The molecule has 1 saturated heterocycles. The molecule has 2 rings (SSSR count). The SMILES string of the molecule is CC1CCCC(O)(C2(CN)CCOCC2)C1. The summed E-state index contributed by atoms with van der Waals surface area (Å²) < 4.78 is 5.42. The van der Waals surface area contributed by atoms with Gasteiger partial charge in [0.05, 0.1) is 5.60 Å². The Hall–Kier alpha value is -0.120. The van der Waals surface area contributed by atoms with Gasteiger partial charge < -0.3 is 15.6 Å². The Balaban J connectivity index is 2.17. The smallest absolute Gasteiger partial charge is 0.0720 e. The van der Waals surface area contributed by atoms with Gasteiger partial charge in [0.25, 0.3) is 0 Å². The van der Waals surface area contributed by atoms with E-state index in [-0.39, 0.29) is 5.41 Å². The van der Waals surface area contributed by atoms with Gasteiger partial charge in [0.2, 0.25) is 0 Å². The maximum absolute atomic E-state index is 11.0. The van der Waals surface area contributed by atoms with Gasteiger partial charge in [-0.25, -0.2) is 0 Å². The molecule has 1 saturated carbocycles. The van der Waals surface area contributed by atoms with E-state index < -0.39 is 5.60 Å². The molecular formula is C13H25NO2. The maximum atomic E-state index is 11.0. The van der Waals surface area contributed by atoms with E-state index in [1.807, 2.05) is 0 Å². The van der Waals surface area contributed by atoms with Crippen LogP contribution in [0.2, 0.25) is 0 Å². The van der Waals surface area contributed by atoms with Crippen molar-refractivity contribution in [1.82, 2.24) is 0 Å². The third kappa shape index (κ3) is 2.01. The lowest BCUT2D eigenvalue weighted by Gasteiger charge is -2.52. The first-order valence-corrected chi connectivity index (χ1v) is 6.62. The van der Waals surface area contributed by atoms with Crippen molar-refractivity contribution >= 4 is 0 Å². The van der Waals surface area contributed by atoms with Crippen LogP contribution < -0.4 is 5.73 Å². The molecule has 0 aromatic carbocycles. The first kappa shape index (κ1) is 12.3. The van der Waals surface area contributed by atoms with Gasteiger partial charge in [0.15, 0.2) is 0 Å². The second-order valence-electron chi connectivity index (χ2n) is 5.83. The van der Waals surface area contributed by atoms with Gasteiger partial charge in [0.1, 0.15) is 0 Å². The highest BCUT2D eigenvalue weighted by molar-refractivity contribution is 5.02. The van der Waals surface area contributed by atoms with Crippen LogP contribution in [0.15, 0.2) is 0 Å². The van der Waals surface area contributed by atoms with Gasteiger partial charge >= 0.3 is 0 Å². The molecule has 0 bridgehead atoms. The van der Waals surface area contributed by atoms with E-state index >= 15 is 0 Å². The minimum atomic E-state index is -0.538. The highest BCUT2D eigenvalue weighted by atomic mass is 16.5. The summed E-state index contributed by atoms with van der Waals surface area (Å²) in [4.78, 5) is 0. The summed E-state index contributed by atoms with van der Waals surface area (Å²) in [5.41, 5.74) is 5.36. The highest BCUT2D eigenvalue weighted by Crippen LogP contribution is 2.49.